The van der Waals surface area contributed by atoms with E-state index in [1.807, 2.05) is 5.51 Å². The van der Waals surface area contributed by atoms with E-state index in [0.717, 1.165) is 5.52 Å². The molecule has 92 valence electrons. The van der Waals surface area contributed by atoms with Crippen molar-refractivity contribution in [3.05, 3.63) is 54.2 Å². The summed E-state index contributed by atoms with van der Waals surface area (Å²) in [5.41, 5.74) is 6.71. The van der Waals surface area contributed by atoms with Gasteiger partial charge in [-0.1, -0.05) is 12.1 Å². The second-order valence-electron chi connectivity index (χ2n) is 4.74. The molecule has 2 heterocycles. The van der Waals surface area contributed by atoms with Crippen LogP contribution in [0.2, 0.25) is 0 Å². The minimum Gasteiger partial charge on any atom is -0.351 e. The monoisotopic (exact) mass is 264 g/mol. The van der Waals surface area contributed by atoms with Gasteiger partial charge in [0.15, 0.2) is 0 Å². The largest absolute Gasteiger partial charge is 0.351 e. The molecule has 0 saturated carbocycles. The van der Waals surface area contributed by atoms with Crippen LogP contribution >= 0.6 is 11.3 Å². The number of fused-ring (bicyclic) bond motifs is 2. The van der Waals surface area contributed by atoms with Crippen molar-refractivity contribution < 1.29 is 0 Å². The van der Waals surface area contributed by atoms with E-state index >= 15 is 0 Å². The predicted octanol–water partition coefficient (Wildman–Crippen LogP) is 4.46. The molecule has 0 N–H and O–H groups in total. The smallest absolute Gasteiger partial charge is 0.0818 e. The van der Waals surface area contributed by atoms with Gasteiger partial charge < -0.3 is 4.57 Å². The van der Waals surface area contributed by atoms with E-state index in [1.165, 1.54) is 26.7 Å². The van der Waals surface area contributed by atoms with Gasteiger partial charge in [0.05, 0.1) is 15.7 Å². The Bertz CT molecular complexity index is 886. The van der Waals surface area contributed by atoms with Gasteiger partial charge in [-0.25, -0.2) is 4.98 Å². The van der Waals surface area contributed by atoms with Crippen molar-refractivity contribution in [2.24, 2.45) is 7.05 Å². The first-order chi connectivity index (χ1) is 9.31. The van der Waals surface area contributed by atoms with Crippen LogP contribution < -0.4 is 0 Å². The number of rotatable bonds is 1. The average molecular weight is 264 g/mol. The first-order valence-corrected chi connectivity index (χ1v) is 7.08. The lowest BCUT2D eigenvalue weighted by molar-refractivity contribution is 0.969. The molecule has 0 fully saturated rings. The molecule has 0 bridgehead atoms. The molecule has 0 aliphatic heterocycles. The fourth-order valence-corrected chi connectivity index (χ4v) is 3.16. The lowest BCUT2D eigenvalue weighted by Gasteiger charge is -2.03. The minimum atomic E-state index is 1.08. The molecule has 0 amide bonds. The summed E-state index contributed by atoms with van der Waals surface area (Å²) >= 11 is 1.68. The zero-order chi connectivity index (χ0) is 12.8. The summed E-state index contributed by atoms with van der Waals surface area (Å²) in [7, 11) is 2.07. The molecule has 4 aromatic rings. The Morgan fingerprint density at radius 3 is 2.79 bits per heavy atom. The second kappa shape index (κ2) is 3.93. The quantitative estimate of drug-likeness (QED) is 0.496. The highest BCUT2D eigenvalue weighted by molar-refractivity contribution is 7.16. The topological polar surface area (TPSA) is 17.8 Å². The van der Waals surface area contributed by atoms with E-state index < -0.39 is 0 Å². The van der Waals surface area contributed by atoms with Gasteiger partial charge >= 0.3 is 0 Å². The fraction of sp³-hybridized carbons (Fsp3) is 0.0625. The van der Waals surface area contributed by atoms with Crippen LogP contribution in [0.3, 0.4) is 0 Å². The Morgan fingerprint density at radius 1 is 1.00 bits per heavy atom. The molecule has 0 radical (unpaired) electrons. The molecular weight excluding hydrogens is 252 g/mol. The second-order valence-corrected chi connectivity index (χ2v) is 5.62. The Morgan fingerprint density at radius 2 is 1.84 bits per heavy atom. The summed E-state index contributed by atoms with van der Waals surface area (Å²) in [4.78, 5) is 4.39. The Hall–Kier alpha value is -2.13. The van der Waals surface area contributed by atoms with Crippen molar-refractivity contribution in [1.82, 2.24) is 9.55 Å². The molecule has 2 aromatic carbocycles. The normalized spacial score (nSPS) is 11.4. The third-order valence-electron chi connectivity index (χ3n) is 3.55. The molecule has 0 aliphatic rings. The van der Waals surface area contributed by atoms with Crippen LogP contribution in [0.15, 0.2) is 54.2 Å². The molecule has 2 aromatic heterocycles. The van der Waals surface area contributed by atoms with Crippen LogP contribution in [0.25, 0.3) is 32.2 Å². The molecule has 19 heavy (non-hydrogen) atoms. The van der Waals surface area contributed by atoms with E-state index in [9.17, 15) is 0 Å². The van der Waals surface area contributed by atoms with Gasteiger partial charge in [0, 0.05) is 24.1 Å². The molecular formula is C16H12N2S. The summed E-state index contributed by atoms with van der Waals surface area (Å²) in [5.74, 6) is 0. The minimum absolute atomic E-state index is 1.08. The maximum absolute atomic E-state index is 4.39. The van der Waals surface area contributed by atoms with Crippen LogP contribution in [0.1, 0.15) is 0 Å². The predicted molar refractivity (Wildman–Crippen MR) is 81.5 cm³/mol. The van der Waals surface area contributed by atoms with Crippen molar-refractivity contribution in [3.63, 3.8) is 0 Å². The maximum atomic E-state index is 4.39. The number of aryl methyl sites for hydroxylation is 1. The molecule has 0 unspecified atom stereocenters. The Kier molecular flexibility index (Phi) is 2.23. The van der Waals surface area contributed by atoms with Crippen molar-refractivity contribution in [1.29, 1.82) is 0 Å². The van der Waals surface area contributed by atoms with Crippen molar-refractivity contribution in [2.75, 3.05) is 0 Å². The zero-order valence-electron chi connectivity index (χ0n) is 10.5. The van der Waals surface area contributed by atoms with E-state index in [2.05, 4.69) is 65.3 Å². The maximum Gasteiger partial charge on any atom is 0.0818 e. The third-order valence-corrected chi connectivity index (χ3v) is 4.36. The number of hydrogen-bond acceptors (Lipinski definition) is 2. The van der Waals surface area contributed by atoms with E-state index in [4.69, 9.17) is 0 Å². The van der Waals surface area contributed by atoms with Gasteiger partial charge in [0.1, 0.15) is 0 Å². The fourth-order valence-electron chi connectivity index (χ4n) is 2.50. The Labute approximate surface area is 114 Å². The van der Waals surface area contributed by atoms with Gasteiger partial charge in [0.25, 0.3) is 0 Å². The highest BCUT2D eigenvalue weighted by Gasteiger charge is 2.04. The summed E-state index contributed by atoms with van der Waals surface area (Å²) < 4.78 is 3.38. The van der Waals surface area contributed by atoms with Crippen LogP contribution in [0.4, 0.5) is 0 Å². The molecule has 0 aliphatic carbocycles. The molecule has 0 saturated heterocycles. The van der Waals surface area contributed by atoms with Crippen molar-refractivity contribution >= 4 is 32.5 Å². The lowest BCUT2D eigenvalue weighted by atomic mass is 10.0. The summed E-state index contributed by atoms with van der Waals surface area (Å²) in [6, 6.07) is 15.2. The van der Waals surface area contributed by atoms with Crippen LogP contribution in [-0.2, 0) is 7.05 Å². The number of hydrogen-bond donors (Lipinski definition) is 0. The zero-order valence-corrected chi connectivity index (χ0v) is 11.3. The van der Waals surface area contributed by atoms with E-state index in [-0.39, 0.29) is 0 Å². The van der Waals surface area contributed by atoms with Gasteiger partial charge in [0.2, 0.25) is 0 Å². The van der Waals surface area contributed by atoms with Crippen molar-refractivity contribution in [3.8, 4) is 11.1 Å². The van der Waals surface area contributed by atoms with Gasteiger partial charge in [-0.15, -0.1) is 11.3 Å². The summed E-state index contributed by atoms with van der Waals surface area (Å²) in [6.07, 6.45) is 2.10. The van der Waals surface area contributed by atoms with Crippen LogP contribution in [0.5, 0.6) is 0 Å². The Balaban J connectivity index is 1.92. The number of benzene rings is 2. The number of nitrogens with zero attached hydrogens (tertiary/aromatic N) is 2. The first kappa shape index (κ1) is 10.8. The SMILES string of the molecule is Cn1ccc2cc(-c3ccc4scnc4c3)ccc21. The molecule has 0 spiro atoms. The molecule has 2 nitrogen and oxygen atoms in total. The first-order valence-electron chi connectivity index (χ1n) is 6.20. The van der Waals surface area contributed by atoms with Crippen molar-refractivity contribution in [2.45, 2.75) is 0 Å². The van der Waals surface area contributed by atoms with Crippen LogP contribution in [-0.4, -0.2) is 9.55 Å². The van der Waals surface area contributed by atoms with Gasteiger partial charge in [-0.05, 0) is 41.5 Å². The standard InChI is InChI=1S/C16H12N2S/c1-18-7-6-13-8-11(2-4-15(13)18)12-3-5-16-14(9-12)17-10-19-16/h2-10H,1H3. The summed E-state index contributed by atoms with van der Waals surface area (Å²) in [6.45, 7) is 0. The molecule has 3 heteroatoms. The highest BCUT2D eigenvalue weighted by atomic mass is 32.1. The number of thiazole rings is 1. The number of aromatic nitrogens is 2. The van der Waals surface area contributed by atoms with Gasteiger partial charge in [-0.2, -0.15) is 0 Å². The lowest BCUT2D eigenvalue weighted by Crippen LogP contribution is -1.84. The third kappa shape index (κ3) is 1.66. The van der Waals surface area contributed by atoms with E-state index in [0.29, 0.717) is 0 Å². The molecule has 0 atom stereocenters. The summed E-state index contributed by atoms with van der Waals surface area (Å²) in [5, 5.41) is 1.28. The molecule has 4 rings (SSSR count). The van der Waals surface area contributed by atoms with Gasteiger partial charge in [-0.3, -0.25) is 0 Å². The average Bonchev–Trinajstić information content (AvgIpc) is 3.04. The highest BCUT2D eigenvalue weighted by Crippen LogP contribution is 2.28. The van der Waals surface area contributed by atoms with E-state index in [1.54, 1.807) is 11.3 Å². The van der Waals surface area contributed by atoms with Crippen LogP contribution in [0, 0.1) is 0 Å².